The molecule has 2 aromatic rings. The van der Waals surface area contributed by atoms with Gasteiger partial charge in [0.05, 0.1) is 12.2 Å². The van der Waals surface area contributed by atoms with Gasteiger partial charge in [0.2, 0.25) is 0 Å². The number of rotatable bonds is 2. The molecular weight excluding hydrogens is 234 g/mol. The first-order valence-corrected chi connectivity index (χ1v) is 6.79. The molecule has 0 saturated carbocycles. The van der Waals surface area contributed by atoms with Crippen LogP contribution < -0.4 is 10.2 Å². The van der Waals surface area contributed by atoms with Crippen LogP contribution in [0.25, 0.3) is 0 Å². The predicted molar refractivity (Wildman–Crippen MR) is 78.0 cm³/mol. The van der Waals surface area contributed by atoms with Gasteiger partial charge in [0, 0.05) is 31.0 Å². The van der Waals surface area contributed by atoms with Gasteiger partial charge >= 0.3 is 0 Å². The SMILES string of the molecule is CC1CN(Cc2ccccn2)c2ccccc2CN1. The Balaban J connectivity index is 1.90. The Labute approximate surface area is 114 Å². The van der Waals surface area contributed by atoms with Gasteiger partial charge in [0.15, 0.2) is 0 Å². The molecule has 3 nitrogen and oxygen atoms in total. The van der Waals surface area contributed by atoms with Crippen LogP contribution in [0.5, 0.6) is 0 Å². The minimum absolute atomic E-state index is 0.483. The predicted octanol–water partition coefficient (Wildman–Crippen LogP) is 2.58. The van der Waals surface area contributed by atoms with Gasteiger partial charge in [0.25, 0.3) is 0 Å². The van der Waals surface area contributed by atoms with E-state index in [1.54, 1.807) is 0 Å². The van der Waals surface area contributed by atoms with E-state index >= 15 is 0 Å². The molecule has 1 atom stereocenters. The van der Waals surface area contributed by atoms with Crippen molar-refractivity contribution >= 4 is 5.69 Å². The number of benzene rings is 1. The second-order valence-electron chi connectivity index (χ2n) is 5.11. The fourth-order valence-electron chi connectivity index (χ4n) is 2.58. The maximum Gasteiger partial charge on any atom is 0.0602 e. The van der Waals surface area contributed by atoms with Crippen molar-refractivity contribution in [3.8, 4) is 0 Å². The standard InChI is InChI=1S/C16H19N3/c1-13-11-19(12-15-7-4-5-9-17-15)16-8-3-2-6-14(16)10-18-13/h2-9,13,18H,10-12H2,1H3. The van der Waals surface area contributed by atoms with E-state index in [1.165, 1.54) is 11.3 Å². The number of hydrogen-bond donors (Lipinski definition) is 1. The van der Waals surface area contributed by atoms with Crippen LogP contribution in [0.4, 0.5) is 5.69 Å². The lowest BCUT2D eigenvalue weighted by Crippen LogP contribution is -2.35. The molecule has 2 heterocycles. The highest BCUT2D eigenvalue weighted by atomic mass is 15.2. The van der Waals surface area contributed by atoms with E-state index in [0.717, 1.165) is 25.3 Å². The van der Waals surface area contributed by atoms with Gasteiger partial charge in [-0.1, -0.05) is 24.3 Å². The fraction of sp³-hybridized carbons (Fsp3) is 0.312. The molecule has 19 heavy (non-hydrogen) atoms. The average Bonchev–Trinajstić information content (AvgIpc) is 2.60. The first-order valence-electron chi connectivity index (χ1n) is 6.79. The molecule has 1 N–H and O–H groups in total. The molecule has 0 saturated heterocycles. The van der Waals surface area contributed by atoms with Crippen molar-refractivity contribution in [1.82, 2.24) is 10.3 Å². The van der Waals surface area contributed by atoms with Crippen LogP contribution in [0.15, 0.2) is 48.7 Å². The van der Waals surface area contributed by atoms with E-state index < -0.39 is 0 Å². The number of hydrogen-bond acceptors (Lipinski definition) is 3. The number of pyridine rings is 1. The van der Waals surface area contributed by atoms with Crippen LogP contribution in [0, 0.1) is 0 Å². The molecule has 0 amide bonds. The zero-order chi connectivity index (χ0) is 13.1. The van der Waals surface area contributed by atoms with Crippen molar-refractivity contribution < 1.29 is 0 Å². The summed E-state index contributed by atoms with van der Waals surface area (Å²) in [5, 5.41) is 3.55. The van der Waals surface area contributed by atoms with E-state index in [2.05, 4.69) is 52.5 Å². The van der Waals surface area contributed by atoms with Gasteiger partial charge in [-0.15, -0.1) is 0 Å². The van der Waals surface area contributed by atoms with Gasteiger partial charge in [0.1, 0.15) is 0 Å². The molecule has 1 aliphatic rings. The molecule has 0 fully saturated rings. The number of para-hydroxylation sites is 1. The maximum atomic E-state index is 4.44. The third kappa shape index (κ3) is 2.76. The van der Waals surface area contributed by atoms with Crippen molar-refractivity contribution in [3.63, 3.8) is 0 Å². The zero-order valence-corrected chi connectivity index (χ0v) is 11.2. The summed E-state index contributed by atoms with van der Waals surface area (Å²) in [7, 11) is 0. The van der Waals surface area contributed by atoms with Crippen LogP contribution in [0.2, 0.25) is 0 Å². The minimum Gasteiger partial charge on any atom is -0.364 e. The van der Waals surface area contributed by atoms with E-state index in [4.69, 9.17) is 0 Å². The highest BCUT2D eigenvalue weighted by molar-refractivity contribution is 5.54. The maximum absolute atomic E-state index is 4.44. The summed E-state index contributed by atoms with van der Waals surface area (Å²) in [6.07, 6.45) is 1.86. The third-order valence-electron chi connectivity index (χ3n) is 3.55. The number of aromatic nitrogens is 1. The Morgan fingerprint density at radius 3 is 2.89 bits per heavy atom. The van der Waals surface area contributed by atoms with Crippen LogP contribution in [-0.2, 0) is 13.1 Å². The molecule has 1 aliphatic heterocycles. The molecule has 0 radical (unpaired) electrons. The van der Waals surface area contributed by atoms with Gasteiger partial charge < -0.3 is 10.2 Å². The fourth-order valence-corrected chi connectivity index (χ4v) is 2.58. The van der Waals surface area contributed by atoms with Crippen molar-refractivity contribution in [3.05, 3.63) is 59.9 Å². The Morgan fingerprint density at radius 2 is 2.05 bits per heavy atom. The van der Waals surface area contributed by atoms with Crippen molar-refractivity contribution in [1.29, 1.82) is 0 Å². The van der Waals surface area contributed by atoms with Gasteiger partial charge in [-0.3, -0.25) is 4.98 Å². The topological polar surface area (TPSA) is 28.2 Å². The second kappa shape index (κ2) is 5.41. The first-order chi connectivity index (χ1) is 9.33. The van der Waals surface area contributed by atoms with Crippen molar-refractivity contribution in [2.75, 3.05) is 11.4 Å². The second-order valence-corrected chi connectivity index (χ2v) is 5.11. The van der Waals surface area contributed by atoms with E-state index in [-0.39, 0.29) is 0 Å². The van der Waals surface area contributed by atoms with Crippen LogP contribution in [0.1, 0.15) is 18.2 Å². The Morgan fingerprint density at radius 1 is 1.21 bits per heavy atom. The Hall–Kier alpha value is -1.87. The third-order valence-corrected chi connectivity index (χ3v) is 3.55. The Kier molecular flexibility index (Phi) is 3.47. The number of nitrogens with one attached hydrogen (secondary N) is 1. The molecule has 0 spiro atoms. The lowest BCUT2D eigenvalue weighted by atomic mass is 10.1. The number of anilines is 1. The van der Waals surface area contributed by atoms with E-state index in [9.17, 15) is 0 Å². The first kappa shape index (κ1) is 12.2. The molecule has 3 heteroatoms. The molecule has 0 aliphatic carbocycles. The molecule has 1 aromatic heterocycles. The normalized spacial score (nSPS) is 18.8. The highest BCUT2D eigenvalue weighted by Crippen LogP contribution is 2.24. The minimum atomic E-state index is 0.483. The lowest BCUT2D eigenvalue weighted by Gasteiger charge is -2.26. The summed E-state index contributed by atoms with van der Waals surface area (Å²) in [6.45, 7) is 5.05. The smallest absolute Gasteiger partial charge is 0.0602 e. The van der Waals surface area contributed by atoms with E-state index in [0.29, 0.717) is 6.04 Å². The summed E-state index contributed by atoms with van der Waals surface area (Å²) in [5.74, 6) is 0. The average molecular weight is 253 g/mol. The molecule has 0 bridgehead atoms. The molecular formula is C16H19N3. The summed E-state index contributed by atoms with van der Waals surface area (Å²) in [5.41, 5.74) is 3.80. The lowest BCUT2D eigenvalue weighted by molar-refractivity contribution is 0.551. The van der Waals surface area contributed by atoms with Gasteiger partial charge in [-0.05, 0) is 30.7 Å². The van der Waals surface area contributed by atoms with Crippen LogP contribution >= 0.6 is 0 Å². The van der Waals surface area contributed by atoms with Crippen molar-refractivity contribution in [2.45, 2.75) is 26.1 Å². The van der Waals surface area contributed by atoms with Crippen LogP contribution in [-0.4, -0.2) is 17.6 Å². The van der Waals surface area contributed by atoms with Crippen LogP contribution in [0.3, 0.4) is 0 Å². The Bertz CT molecular complexity index is 539. The monoisotopic (exact) mass is 253 g/mol. The molecule has 1 aromatic carbocycles. The number of nitrogens with zero attached hydrogens (tertiary/aromatic N) is 2. The molecule has 98 valence electrons. The molecule has 3 rings (SSSR count). The summed E-state index contributed by atoms with van der Waals surface area (Å²) in [6, 6.07) is 15.2. The van der Waals surface area contributed by atoms with Crippen molar-refractivity contribution in [2.24, 2.45) is 0 Å². The summed E-state index contributed by atoms with van der Waals surface area (Å²) in [4.78, 5) is 6.86. The van der Waals surface area contributed by atoms with Gasteiger partial charge in [-0.25, -0.2) is 0 Å². The summed E-state index contributed by atoms with van der Waals surface area (Å²) < 4.78 is 0. The molecule has 1 unspecified atom stereocenters. The summed E-state index contributed by atoms with van der Waals surface area (Å²) >= 11 is 0. The quantitative estimate of drug-likeness (QED) is 0.891. The van der Waals surface area contributed by atoms with E-state index in [1.807, 2.05) is 18.3 Å². The largest absolute Gasteiger partial charge is 0.364 e. The van der Waals surface area contributed by atoms with Gasteiger partial charge in [-0.2, -0.15) is 0 Å². The number of fused-ring (bicyclic) bond motifs is 1. The zero-order valence-electron chi connectivity index (χ0n) is 11.2. The highest BCUT2D eigenvalue weighted by Gasteiger charge is 2.18.